The molecule has 0 saturated carbocycles. The monoisotopic (exact) mass is 401 g/mol. The Morgan fingerprint density at radius 2 is 1.66 bits per heavy atom. The molecule has 2 aromatic carbocycles. The molecule has 0 fully saturated rings. The van der Waals surface area contributed by atoms with Gasteiger partial charge >= 0.3 is 0 Å². The van der Waals surface area contributed by atoms with Gasteiger partial charge in [-0.15, -0.1) is 11.3 Å². The van der Waals surface area contributed by atoms with Crippen LogP contribution in [0, 0.1) is 11.3 Å². The molecule has 0 bridgehead atoms. The molecule has 3 aromatic rings. The molecular formula is C26H27NOS. The first kappa shape index (κ1) is 21.0. The van der Waals surface area contributed by atoms with Crippen molar-refractivity contribution >= 4 is 17.1 Å². The summed E-state index contributed by atoms with van der Waals surface area (Å²) < 4.78 is 0. The van der Waals surface area contributed by atoms with E-state index in [4.69, 9.17) is 0 Å². The van der Waals surface area contributed by atoms with Crippen molar-refractivity contribution < 1.29 is 4.79 Å². The molecule has 1 heterocycles. The van der Waals surface area contributed by atoms with Crippen molar-refractivity contribution in [3.8, 4) is 17.2 Å². The highest BCUT2D eigenvalue weighted by Gasteiger charge is 2.37. The predicted molar refractivity (Wildman–Crippen MR) is 121 cm³/mol. The Bertz CT molecular complexity index is 1050. The lowest BCUT2D eigenvalue weighted by atomic mass is 9.71. The van der Waals surface area contributed by atoms with Crippen LogP contribution in [0.4, 0.5) is 0 Å². The molecular weight excluding hydrogens is 374 g/mol. The van der Waals surface area contributed by atoms with Gasteiger partial charge in [-0.2, -0.15) is 5.26 Å². The van der Waals surface area contributed by atoms with Crippen molar-refractivity contribution in [3.63, 3.8) is 0 Å². The fourth-order valence-electron chi connectivity index (χ4n) is 3.97. The van der Waals surface area contributed by atoms with Crippen LogP contribution in [-0.4, -0.2) is 5.78 Å². The molecule has 0 radical (unpaired) electrons. The van der Waals surface area contributed by atoms with Gasteiger partial charge in [-0.3, -0.25) is 4.79 Å². The smallest absolute Gasteiger partial charge is 0.138 e. The predicted octanol–water partition coefficient (Wildman–Crippen LogP) is 7.06. The molecule has 0 aliphatic carbocycles. The Hall–Kier alpha value is -2.70. The quantitative estimate of drug-likeness (QED) is 0.443. The molecule has 0 aliphatic rings. The molecule has 148 valence electrons. The van der Waals surface area contributed by atoms with Crippen LogP contribution in [0.1, 0.15) is 68.0 Å². The first-order valence-corrected chi connectivity index (χ1v) is 10.8. The third-order valence-corrected chi connectivity index (χ3v) is 6.89. The van der Waals surface area contributed by atoms with Crippen molar-refractivity contribution in [3.05, 3.63) is 81.5 Å². The van der Waals surface area contributed by atoms with Crippen LogP contribution in [0.2, 0.25) is 0 Å². The average molecular weight is 402 g/mol. The highest BCUT2D eigenvalue weighted by Crippen LogP contribution is 2.43. The first-order valence-electron chi connectivity index (χ1n) is 9.94. The molecule has 0 N–H and O–H groups in total. The number of nitrogens with zero attached hydrogens (tertiary/aromatic N) is 1. The molecule has 2 nitrogen and oxygen atoms in total. The maximum absolute atomic E-state index is 12.7. The van der Waals surface area contributed by atoms with E-state index in [1.807, 2.05) is 24.3 Å². The number of hydrogen-bond acceptors (Lipinski definition) is 3. The SMILES string of the molecule is CC(=O)[C@H](c1ccc(C(C)C)cc1)C(C)(C)c1cc(-c2cccc(C#N)c2)cs1. The molecule has 0 amide bonds. The number of hydrogen-bond donors (Lipinski definition) is 0. The lowest BCUT2D eigenvalue weighted by Gasteiger charge is -2.32. The second-order valence-electron chi connectivity index (χ2n) is 8.48. The molecule has 0 unspecified atom stereocenters. The third kappa shape index (κ3) is 4.33. The van der Waals surface area contributed by atoms with Gasteiger partial charge in [0.2, 0.25) is 0 Å². The van der Waals surface area contributed by atoms with Gasteiger partial charge in [0.1, 0.15) is 5.78 Å². The molecule has 3 rings (SSSR count). The summed E-state index contributed by atoms with van der Waals surface area (Å²) in [6.45, 7) is 10.3. The molecule has 29 heavy (non-hydrogen) atoms. The Balaban J connectivity index is 1.98. The van der Waals surface area contributed by atoms with Gasteiger partial charge in [-0.25, -0.2) is 0 Å². The molecule has 1 aromatic heterocycles. The lowest BCUT2D eigenvalue weighted by molar-refractivity contribution is -0.119. The number of thiophene rings is 1. The van der Waals surface area contributed by atoms with Crippen molar-refractivity contribution in [1.82, 2.24) is 0 Å². The summed E-state index contributed by atoms with van der Waals surface area (Å²) in [4.78, 5) is 13.9. The normalized spacial score (nSPS) is 12.6. The van der Waals surface area contributed by atoms with Crippen LogP contribution >= 0.6 is 11.3 Å². The second kappa shape index (κ2) is 8.35. The van der Waals surface area contributed by atoms with Crippen LogP contribution in [0.3, 0.4) is 0 Å². The molecule has 1 atom stereocenters. The standard InChI is InChI=1S/C26H27NOS/c1-17(2)20-9-11-21(12-10-20)25(18(3)28)26(4,5)24-14-23(16-29-24)22-8-6-7-19(13-22)15-27/h6-14,16-17,25H,1-5H3/t25-/m1/s1. The van der Waals surface area contributed by atoms with Crippen LogP contribution < -0.4 is 0 Å². The van der Waals surface area contributed by atoms with Gasteiger partial charge < -0.3 is 0 Å². The van der Waals surface area contributed by atoms with E-state index in [-0.39, 0.29) is 17.1 Å². The summed E-state index contributed by atoms with van der Waals surface area (Å²) in [5, 5.41) is 11.3. The zero-order chi connectivity index (χ0) is 21.2. The highest BCUT2D eigenvalue weighted by molar-refractivity contribution is 7.10. The van der Waals surface area contributed by atoms with E-state index in [1.165, 1.54) is 10.4 Å². The topological polar surface area (TPSA) is 40.9 Å². The van der Waals surface area contributed by atoms with Gasteiger partial charge in [0, 0.05) is 10.3 Å². The van der Waals surface area contributed by atoms with Crippen molar-refractivity contribution in [2.45, 2.75) is 51.9 Å². The number of ketones is 1. The molecule has 0 saturated heterocycles. The summed E-state index contributed by atoms with van der Waals surface area (Å²) in [5.74, 6) is 0.436. The minimum atomic E-state index is -0.332. The van der Waals surface area contributed by atoms with E-state index < -0.39 is 0 Å². The molecule has 3 heteroatoms. The number of benzene rings is 2. The summed E-state index contributed by atoms with van der Waals surface area (Å²) >= 11 is 1.68. The number of Topliss-reactive ketones (excluding diaryl/α,β-unsaturated/α-hetero) is 1. The van der Waals surface area contributed by atoms with Gasteiger partial charge in [0.25, 0.3) is 0 Å². The van der Waals surface area contributed by atoms with E-state index in [1.54, 1.807) is 18.3 Å². The first-order chi connectivity index (χ1) is 13.7. The minimum absolute atomic E-state index is 0.175. The summed E-state index contributed by atoms with van der Waals surface area (Å²) in [5.41, 5.74) is 4.79. The zero-order valence-electron chi connectivity index (χ0n) is 17.7. The largest absolute Gasteiger partial charge is 0.299 e. The zero-order valence-corrected chi connectivity index (χ0v) is 18.5. The average Bonchev–Trinajstić information content (AvgIpc) is 3.19. The maximum Gasteiger partial charge on any atom is 0.138 e. The van der Waals surface area contributed by atoms with Crippen molar-refractivity contribution in [2.24, 2.45) is 0 Å². The van der Waals surface area contributed by atoms with Gasteiger partial charge in [0.05, 0.1) is 17.6 Å². The fraction of sp³-hybridized carbons (Fsp3) is 0.308. The van der Waals surface area contributed by atoms with E-state index in [0.717, 1.165) is 16.7 Å². The highest BCUT2D eigenvalue weighted by atomic mass is 32.1. The van der Waals surface area contributed by atoms with E-state index in [9.17, 15) is 10.1 Å². The van der Waals surface area contributed by atoms with Crippen LogP contribution in [0.15, 0.2) is 60.0 Å². The molecule has 0 spiro atoms. The maximum atomic E-state index is 12.7. The Labute approximate surface area is 177 Å². The second-order valence-corrected chi connectivity index (χ2v) is 9.39. The third-order valence-electron chi connectivity index (χ3n) is 5.62. The Morgan fingerprint density at radius 3 is 2.24 bits per heavy atom. The number of carbonyl (C=O) groups excluding carboxylic acids is 1. The Kier molecular flexibility index (Phi) is 6.05. The number of nitriles is 1. The fourth-order valence-corrected chi connectivity index (χ4v) is 5.04. The Morgan fingerprint density at radius 1 is 1.00 bits per heavy atom. The number of rotatable bonds is 6. The van der Waals surface area contributed by atoms with Crippen LogP contribution in [-0.2, 0) is 10.2 Å². The summed E-state index contributed by atoms with van der Waals surface area (Å²) in [6.07, 6.45) is 0. The van der Waals surface area contributed by atoms with E-state index in [0.29, 0.717) is 11.5 Å². The minimum Gasteiger partial charge on any atom is -0.299 e. The number of carbonyl (C=O) groups is 1. The van der Waals surface area contributed by atoms with Crippen LogP contribution in [0.25, 0.3) is 11.1 Å². The van der Waals surface area contributed by atoms with Gasteiger partial charge in [-0.1, -0.05) is 64.1 Å². The van der Waals surface area contributed by atoms with Crippen molar-refractivity contribution in [2.75, 3.05) is 0 Å². The van der Waals surface area contributed by atoms with Gasteiger partial charge in [0.15, 0.2) is 0 Å². The summed E-state index contributed by atoms with van der Waals surface area (Å²) in [7, 11) is 0. The van der Waals surface area contributed by atoms with Crippen molar-refractivity contribution in [1.29, 1.82) is 5.26 Å². The van der Waals surface area contributed by atoms with E-state index in [2.05, 4.69) is 69.5 Å². The molecule has 0 aliphatic heterocycles. The van der Waals surface area contributed by atoms with E-state index >= 15 is 0 Å². The van der Waals surface area contributed by atoms with Crippen LogP contribution in [0.5, 0.6) is 0 Å². The summed E-state index contributed by atoms with van der Waals surface area (Å²) in [6, 6.07) is 20.5. The van der Waals surface area contributed by atoms with Gasteiger partial charge in [-0.05, 0) is 58.7 Å². The lowest BCUT2D eigenvalue weighted by Crippen LogP contribution is -2.31.